The largest absolute Gasteiger partial charge is 0.497 e. The number of carbonyl (C=O) groups is 1. The van der Waals surface area contributed by atoms with E-state index in [0.717, 1.165) is 37.2 Å². The lowest BCUT2D eigenvalue weighted by Gasteiger charge is -2.40. The van der Waals surface area contributed by atoms with Gasteiger partial charge in [0.2, 0.25) is 5.91 Å². The van der Waals surface area contributed by atoms with Crippen LogP contribution in [0.25, 0.3) is 10.9 Å². The molecule has 1 amide bonds. The molecular formula is C26H32ClN3O4S2. The maximum absolute atomic E-state index is 12.8. The molecule has 1 aliphatic heterocycles. The van der Waals surface area contributed by atoms with E-state index in [1.54, 1.807) is 24.6 Å². The lowest BCUT2D eigenvalue weighted by Crippen LogP contribution is -2.48. The van der Waals surface area contributed by atoms with Gasteiger partial charge in [0.15, 0.2) is 0 Å². The average molecular weight is 550 g/mol. The lowest BCUT2D eigenvalue weighted by atomic mass is 9.73. The van der Waals surface area contributed by atoms with Crippen molar-refractivity contribution < 1.29 is 19.8 Å². The Hall–Kier alpha value is -1.88. The summed E-state index contributed by atoms with van der Waals surface area (Å²) in [6, 6.07) is 9.68. The number of aromatic nitrogens is 1. The zero-order valence-corrected chi connectivity index (χ0v) is 22.7. The third kappa shape index (κ3) is 6.33. The Kier molecular flexibility index (Phi) is 9.49. The number of thioether (sulfide) groups is 1. The Balaban J connectivity index is 1.38. The van der Waals surface area contributed by atoms with Crippen LogP contribution in [0.15, 0.2) is 46.1 Å². The maximum Gasteiger partial charge on any atom is 0.249 e. The molecule has 2 aromatic heterocycles. The van der Waals surface area contributed by atoms with Crippen molar-refractivity contribution >= 4 is 51.5 Å². The molecule has 0 bridgehead atoms. The molecule has 1 aliphatic rings. The molecular weight excluding hydrogens is 518 g/mol. The third-order valence-corrected chi connectivity index (χ3v) is 9.57. The van der Waals surface area contributed by atoms with Crippen LogP contribution < -0.4 is 10.2 Å². The Morgan fingerprint density at radius 2 is 2.17 bits per heavy atom. The van der Waals surface area contributed by atoms with Crippen molar-refractivity contribution in [1.82, 2.24) is 15.4 Å². The zero-order chi connectivity index (χ0) is 25.5. The van der Waals surface area contributed by atoms with E-state index in [9.17, 15) is 15.1 Å². The monoisotopic (exact) mass is 549 g/mol. The van der Waals surface area contributed by atoms with Gasteiger partial charge in [-0.05, 0) is 81.4 Å². The first-order chi connectivity index (χ1) is 17.5. The van der Waals surface area contributed by atoms with Crippen LogP contribution in [0.2, 0.25) is 5.02 Å². The zero-order valence-electron chi connectivity index (χ0n) is 20.3. The molecule has 1 fully saturated rings. The number of ether oxygens (including phenoxy) is 1. The number of nitrogens with zero attached hydrogens (tertiary/aromatic N) is 2. The number of hydrogen-bond acceptors (Lipinski definition) is 8. The molecule has 0 spiro atoms. The Labute approximate surface area is 224 Å². The van der Waals surface area contributed by atoms with Crippen molar-refractivity contribution in [2.45, 2.75) is 42.4 Å². The number of methoxy groups -OCH3 is 1. The van der Waals surface area contributed by atoms with E-state index in [1.807, 2.05) is 35.4 Å². The fourth-order valence-electron chi connectivity index (χ4n) is 4.91. The first-order valence-corrected chi connectivity index (χ1v) is 14.3. The van der Waals surface area contributed by atoms with Gasteiger partial charge in [0.1, 0.15) is 5.75 Å². The smallest absolute Gasteiger partial charge is 0.249 e. The number of hydrogen-bond donors (Lipinski definition) is 3. The molecule has 0 aliphatic carbocycles. The molecule has 1 saturated heterocycles. The molecule has 36 heavy (non-hydrogen) atoms. The van der Waals surface area contributed by atoms with Gasteiger partial charge < -0.3 is 14.7 Å². The molecule has 0 unspecified atom stereocenters. The summed E-state index contributed by atoms with van der Waals surface area (Å²) in [5.74, 6) is 1.34. The Bertz CT molecular complexity index is 1150. The van der Waals surface area contributed by atoms with Gasteiger partial charge in [-0.1, -0.05) is 17.7 Å². The summed E-state index contributed by atoms with van der Waals surface area (Å²) >= 11 is 10.1. The SMILES string of the molecule is COc1ccc2ncc(Cl)c([C@H](O)CCC3(C(=O)NO)CCN(CCCSc4cccs4)CC3)c2c1. The van der Waals surface area contributed by atoms with Crippen LogP contribution in [0.1, 0.15) is 43.8 Å². The minimum absolute atomic E-state index is 0.334. The second-order valence-corrected chi connectivity index (χ2v) is 11.9. The minimum Gasteiger partial charge on any atom is -0.497 e. The summed E-state index contributed by atoms with van der Waals surface area (Å²) < 4.78 is 6.68. The summed E-state index contributed by atoms with van der Waals surface area (Å²) in [7, 11) is 1.58. The highest BCUT2D eigenvalue weighted by molar-refractivity contribution is 8.01. The number of likely N-dealkylation sites (tertiary alicyclic amines) is 1. The number of pyridine rings is 1. The highest BCUT2D eigenvalue weighted by atomic mass is 35.5. The summed E-state index contributed by atoms with van der Waals surface area (Å²) in [4.78, 5) is 19.5. The van der Waals surface area contributed by atoms with Crippen LogP contribution in [0.5, 0.6) is 5.75 Å². The number of aliphatic hydroxyl groups is 1. The number of piperidine rings is 1. The van der Waals surface area contributed by atoms with E-state index < -0.39 is 11.5 Å². The van der Waals surface area contributed by atoms with Crippen molar-refractivity contribution in [3.8, 4) is 5.75 Å². The van der Waals surface area contributed by atoms with Crippen molar-refractivity contribution in [2.75, 3.05) is 32.5 Å². The molecule has 1 aromatic carbocycles. The quantitative estimate of drug-likeness (QED) is 0.125. The Morgan fingerprint density at radius 3 is 2.86 bits per heavy atom. The number of aliphatic hydroxyl groups excluding tert-OH is 1. The molecule has 3 aromatic rings. The molecule has 10 heteroatoms. The van der Waals surface area contributed by atoms with E-state index in [2.05, 4.69) is 27.4 Å². The molecule has 1 atom stereocenters. The number of thiophene rings is 1. The third-order valence-electron chi connectivity index (χ3n) is 7.05. The average Bonchev–Trinajstić information content (AvgIpc) is 3.43. The topological polar surface area (TPSA) is 94.9 Å². The van der Waals surface area contributed by atoms with Gasteiger partial charge >= 0.3 is 0 Å². The van der Waals surface area contributed by atoms with Gasteiger partial charge in [-0.3, -0.25) is 15.0 Å². The van der Waals surface area contributed by atoms with Gasteiger partial charge in [-0.15, -0.1) is 23.1 Å². The number of benzene rings is 1. The molecule has 7 nitrogen and oxygen atoms in total. The molecule has 0 radical (unpaired) electrons. The molecule has 3 heterocycles. The molecule has 3 N–H and O–H groups in total. The van der Waals surface area contributed by atoms with E-state index in [-0.39, 0.29) is 5.91 Å². The molecule has 4 rings (SSSR count). The van der Waals surface area contributed by atoms with E-state index in [4.69, 9.17) is 16.3 Å². The standard InChI is InChI=1S/C26H32ClN3O4S2/c1-34-18-5-6-21-19(16-18)24(20(27)17-28-21)22(31)7-8-26(25(32)29-33)9-12-30(13-10-26)11-3-15-36-23-4-2-14-35-23/h2,4-6,14,16-17,22,31,33H,3,7-13,15H2,1H3,(H,29,32)/t22-/m1/s1. The summed E-state index contributed by atoms with van der Waals surface area (Å²) in [6.07, 6.45) is 3.77. The number of carbonyl (C=O) groups excluding carboxylic acids is 1. The fraction of sp³-hybridized carbons (Fsp3) is 0.462. The maximum atomic E-state index is 12.8. The predicted molar refractivity (Wildman–Crippen MR) is 145 cm³/mol. The number of halogens is 1. The normalized spacial score (nSPS) is 16.7. The van der Waals surface area contributed by atoms with E-state index in [1.165, 1.54) is 4.21 Å². The van der Waals surface area contributed by atoms with E-state index in [0.29, 0.717) is 47.5 Å². The van der Waals surface area contributed by atoms with Crippen molar-refractivity contribution in [2.24, 2.45) is 5.41 Å². The second kappa shape index (κ2) is 12.6. The van der Waals surface area contributed by atoms with Crippen LogP contribution in [-0.2, 0) is 4.79 Å². The number of nitrogens with one attached hydrogen (secondary N) is 1. The minimum atomic E-state index is -0.884. The first kappa shape index (κ1) is 27.2. The number of amides is 1. The van der Waals surface area contributed by atoms with E-state index >= 15 is 0 Å². The van der Waals surface area contributed by atoms with Crippen LogP contribution in [0, 0.1) is 5.41 Å². The number of hydroxylamine groups is 1. The summed E-state index contributed by atoms with van der Waals surface area (Å²) in [5.41, 5.74) is 2.45. The fourth-order valence-corrected chi connectivity index (χ4v) is 6.97. The van der Waals surface area contributed by atoms with Gasteiger partial charge in [-0.25, -0.2) is 5.48 Å². The molecule has 194 valence electrons. The van der Waals surface area contributed by atoms with Crippen LogP contribution in [-0.4, -0.2) is 58.6 Å². The van der Waals surface area contributed by atoms with Crippen molar-refractivity contribution in [1.29, 1.82) is 0 Å². The summed E-state index contributed by atoms with van der Waals surface area (Å²) in [5, 5.41) is 23.9. The number of fused-ring (bicyclic) bond motifs is 1. The lowest BCUT2D eigenvalue weighted by molar-refractivity contribution is -0.143. The van der Waals surface area contributed by atoms with Crippen molar-refractivity contribution in [3.63, 3.8) is 0 Å². The molecule has 0 saturated carbocycles. The van der Waals surface area contributed by atoms with Crippen LogP contribution in [0.3, 0.4) is 0 Å². The van der Waals surface area contributed by atoms with Crippen molar-refractivity contribution in [3.05, 3.63) is 52.5 Å². The second-order valence-electron chi connectivity index (χ2n) is 9.15. The summed E-state index contributed by atoms with van der Waals surface area (Å²) in [6.45, 7) is 2.55. The predicted octanol–water partition coefficient (Wildman–Crippen LogP) is 5.54. The van der Waals surface area contributed by atoms with Crippen LogP contribution >= 0.6 is 34.7 Å². The van der Waals surface area contributed by atoms with Gasteiger partial charge in [0.25, 0.3) is 0 Å². The highest BCUT2D eigenvalue weighted by Crippen LogP contribution is 2.41. The number of rotatable bonds is 11. The Morgan fingerprint density at radius 1 is 1.36 bits per heavy atom. The van der Waals surface area contributed by atoms with Crippen LogP contribution in [0.4, 0.5) is 0 Å². The first-order valence-electron chi connectivity index (χ1n) is 12.1. The van der Waals surface area contributed by atoms with Gasteiger partial charge in [0, 0.05) is 22.9 Å². The van der Waals surface area contributed by atoms with Gasteiger partial charge in [0.05, 0.1) is 33.4 Å². The highest BCUT2D eigenvalue weighted by Gasteiger charge is 2.41. The van der Waals surface area contributed by atoms with Gasteiger partial charge in [-0.2, -0.15) is 0 Å².